The fourth-order valence-corrected chi connectivity index (χ4v) is 3.06. The molecule has 0 aliphatic heterocycles. The second-order valence-corrected chi connectivity index (χ2v) is 7.31. The van der Waals surface area contributed by atoms with Crippen molar-refractivity contribution in [2.45, 2.75) is 45.1 Å². The van der Waals surface area contributed by atoms with Crippen molar-refractivity contribution in [2.24, 2.45) is 0 Å². The number of nitriles is 1. The van der Waals surface area contributed by atoms with Gasteiger partial charge in [0.2, 0.25) is 0 Å². The van der Waals surface area contributed by atoms with Gasteiger partial charge < -0.3 is 10.6 Å². The summed E-state index contributed by atoms with van der Waals surface area (Å²) in [6.07, 6.45) is 2.48. The average Bonchev–Trinajstić information content (AvgIpc) is 3.10. The molecule has 0 bridgehead atoms. The number of anilines is 1. The number of rotatable bonds is 5. The smallest absolute Gasteiger partial charge is 0.320 e. The van der Waals surface area contributed by atoms with Crippen molar-refractivity contribution in [3.63, 3.8) is 0 Å². The molecule has 0 unspecified atom stereocenters. The fraction of sp³-hybridized carbons (Fsp3) is 0.389. The molecule has 1 aromatic heterocycles. The second kappa shape index (κ2) is 7.02. The first-order valence-corrected chi connectivity index (χ1v) is 8.69. The van der Waals surface area contributed by atoms with Crippen molar-refractivity contribution >= 4 is 23.1 Å². The second-order valence-electron chi connectivity index (χ2n) is 6.42. The maximum atomic E-state index is 12.3. The van der Waals surface area contributed by atoms with E-state index in [-0.39, 0.29) is 6.03 Å². The van der Waals surface area contributed by atoms with Crippen molar-refractivity contribution in [2.75, 3.05) is 5.32 Å². The molecule has 6 heteroatoms. The lowest BCUT2D eigenvalue weighted by Gasteiger charge is -2.27. The molecule has 24 heavy (non-hydrogen) atoms. The molecule has 2 N–H and O–H groups in total. The van der Waals surface area contributed by atoms with Crippen molar-refractivity contribution in [1.82, 2.24) is 10.3 Å². The number of carbonyl (C=O) groups excluding carboxylic acids is 1. The Morgan fingerprint density at radius 1 is 1.29 bits per heavy atom. The van der Waals surface area contributed by atoms with Crippen molar-refractivity contribution in [3.05, 3.63) is 46.4 Å². The zero-order chi connectivity index (χ0) is 17.8. The summed E-state index contributed by atoms with van der Waals surface area (Å²) in [6, 6.07) is 9.32. The number of amides is 2. The van der Waals surface area contributed by atoms with Crippen LogP contribution in [0.15, 0.2) is 35.8 Å². The number of benzene rings is 1. The highest BCUT2D eigenvalue weighted by molar-refractivity contribution is 7.09. The molecular weight excluding hydrogens is 320 g/mol. The van der Waals surface area contributed by atoms with Crippen LogP contribution in [0.3, 0.4) is 0 Å². The van der Waals surface area contributed by atoms with E-state index in [9.17, 15) is 10.1 Å². The Labute approximate surface area is 146 Å². The first kappa shape index (κ1) is 18.0. The first-order valence-electron chi connectivity index (χ1n) is 7.81. The molecule has 0 fully saturated rings. The third-order valence-electron chi connectivity index (χ3n) is 4.14. The molecule has 0 aliphatic rings. The van der Waals surface area contributed by atoms with Gasteiger partial charge in [0.05, 0.1) is 17.0 Å². The predicted molar refractivity (Wildman–Crippen MR) is 97.0 cm³/mol. The number of hydrogen-bond acceptors (Lipinski definition) is 4. The van der Waals surface area contributed by atoms with Crippen molar-refractivity contribution in [3.8, 4) is 6.07 Å². The van der Waals surface area contributed by atoms with Gasteiger partial charge in [-0.25, -0.2) is 9.78 Å². The first-order chi connectivity index (χ1) is 11.3. The summed E-state index contributed by atoms with van der Waals surface area (Å²) in [5.74, 6) is 0. The third-order valence-corrected chi connectivity index (χ3v) is 5.18. The number of nitrogens with one attached hydrogen (secondary N) is 2. The lowest BCUT2D eigenvalue weighted by Crippen LogP contribution is -2.45. The van der Waals surface area contributed by atoms with Gasteiger partial charge in [-0.15, -0.1) is 11.3 Å². The average molecular weight is 342 g/mol. The van der Waals surface area contributed by atoms with Gasteiger partial charge in [-0.3, -0.25) is 0 Å². The summed E-state index contributed by atoms with van der Waals surface area (Å²) >= 11 is 1.53. The zero-order valence-corrected chi connectivity index (χ0v) is 15.2. The molecule has 0 saturated carbocycles. The van der Waals surface area contributed by atoms with Gasteiger partial charge in [0.15, 0.2) is 0 Å². The zero-order valence-electron chi connectivity index (χ0n) is 14.4. The number of thiazole rings is 1. The predicted octanol–water partition coefficient (Wildman–Crippen LogP) is 4.39. The normalized spacial score (nSPS) is 13.6. The minimum Gasteiger partial charge on any atom is -0.326 e. The van der Waals surface area contributed by atoms with E-state index >= 15 is 0 Å². The van der Waals surface area contributed by atoms with E-state index in [0.29, 0.717) is 5.69 Å². The topological polar surface area (TPSA) is 77.8 Å². The largest absolute Gasteiger partial charge is 0.326 e. The molecule has 1 atom stereocenters. The van der Waals surface area contributed by atoms with Crippen LogP contribution in [0.25, 0.3) is 0 Å². The van der Waals surface area contributed by atoms with Crippen LogP contribution in [-0.4, -0.2) is 11.0 Å². The molecule has 0 radical (unpaired) electrons. The summed E-state index contributed by atoms with van der Waals surface area (Å²) < 4.78 is 0. The summed E-state index contributed by atoms with van der Waals surface area (Å²) in [4.78, 5) is 16.6. The standard InChI is InChI=1S/C18H22N4OS/c1-5-18(4,15-20-10-11-24-15)22-16(23)21-14-8-6-13(7-9-14)17(2,3)12-19/h6-11H,5H2,1-4H3,(H2,21,22,23)/t18-/m1/s1. The van der Waals surface area contributed by atoms with Gasteiger partial charge in [0.25, 0.3) is 0 Å². The van der Waals surface area contributed by atoms with Crippen LogP contribution in [0.5, 0.6) is 0 Å². The van der Waals surface area contributed by atoms with E-state index in [2.05, 4.69) is 21.7 Å². The third kappa shape index (κ3) is 3.92. The number of hydrogen-bond donors (Lipinski definition) is 2. The molecule has 2 amide bonds. The monoisotopic (exact) mass is 342 g/mol. The van der Waals surface area contributed by atoms with Gasteiger partial charge in [0.1, 0.15) is 5.01 Å². The summed E-state index contributed by atoms with van der Waals surface area (Å²) in [5, 5.41) is 17.8. The lowest BCUT2D eigenvalue weighted by molar-refractivity contribution is 0.238. The molecule has 2 rings (SSSR count). The van der Waals surface area contributed by atoms with Gasteiger partial charge in [0, 0.05) is 17.3 Å². The van der Waals surface area contributed by atoms with Crippen LogP contribution < -0.4 is 10.6 Å². The van der Waals surface area contributed by atoms with Crippen LogP contribution in [0.1, 0.15) is 44.7 Å². The number of carbonyl (C=O) groups is 1. The molecule has 1 heterocycles. The lowest BCUT2D eigenvalue weighted by atomic mass is 9.86. The highest BCUT2D eigenvalue weighted by Gasteiger charge is 2.29. The van der Waals surface area contributed by atoms with Crippen LogP contribution in [0, 0.1) is 11.3 Å². The van der Waals surface area contributed by atoms with E-state index in [0.717, 1.165) is 17.0 Å². The van der Waals surface area contributed by atoms with Crippen LogP contribution in [0.2, 0.25) is 0 Å². The Hall–Kier alpha value is -2.39. The van der Waals surface area contributed by atoms with Gasteiger partial charge >= 0.3 is 6.03 Å². The Bertz CT molecular complexity index is 731. The Morgan fingerprint density at radius 2 is 1.96 bits per heavy atom. The SMILES string of the molecule is CC[C@@](C)(NC(=O)Nc1ccc(C(C)(C)C#N)cc1)c1nccs1. The van der Waals surface area contributed by atoms with Gasteiger partial charge in [-0.05, 0) is 44.9 Å². The Morgan fingerprint density at radius 3 is 2.46 bits per heavy atom. The minimum absolute atomic E-state index is 0.276. The summed E-state index contributed by atoms with van der Waals surface area (Å²) in [5.41, 5.74) is 0.549. The van der Waals surface area contributed by atoms with Crippen LogP contribution >= 0.6 is 11.3 Å². The summed E-state index contributed by atoms with van der Waals surface area (Å²) in [6.45, 7) is 7.70. The van der Waals surface area contributed by atoms with Crippen molar-refractivity contribution < 1.29 is 4.79 Å². The highest BCUT2D eigenvalue weighted by atomic mass is 32.1. The number of nitrogens with zero attached hydrogens (tertiary/aromatic N) is 2. The molecule has 0 spiro atoms. The highest BCUT2D eigenvalue weighted by Crippen LogP contribution is 2.27. The van der Waals surface area contributed by atoms with Crippen LogP contribution in [-0.2, 0) is 11.0 Å². The fourth-order valence-electron chi connectivity index (χ4n) is 2.24. The Kier molecular flexibility index (Phi) is 5.25. The van der Waals surface area contributed by atoms with E-state index < -0.39 is 11.0 Å². The quantitative estimate of drug-likeness (QED) is 0.846. The van der Waals surface area contributed by atoms with E-state index in [1.807, 2.05) is 45.2 Å². The number of aromatic nitrogens is 1. The minimum atomic E-state index is -0.549. The van der Waals surface area contributed by atoms with Gasteiger partial charge in [-0.1, -0.05) is 19.1 Å². The Balaban J connectivity index is 2.06. The van der Waals surface area contributed by atoms with E-state index in [1.165, 1.54) is 11.3 Å². The molecule has 5 nitrogen and oxygen atoms in total. The number of urea groups is 1. The molecule has 1 aromatic carbocycles. The molecular formula is C18H22N4OS. The molecule has 0 saturated heterocycles. The van der Waals surface area contributed by atoms with Gasteiger partial charge in [-0.2, -0.15) is 5.26 Å². The maximum absolute atomic E-state index is 12.3. The molecule has 2 aromatic rings. The van der Waals surface area contributed by atoms with E-state index in [4.69, 9.17) is 0 Å². The summed E-state index contributed by atoms with van der Waals surface area (Å²) in [7, 11) is 0. The van der Waals surface area contributed by atoms with E-state index in [1.54, 1.807) is 18.3 Å². The molecule has 0 aliphatic carbocycles. The van der Waals surface area contributed by atoms with Crippen molar-refractivity contribution in [1.29, 1.82) is 5.26 Å². The van der Waals surface area contributed by atoms with Crippen LogP contribution in [0.4, 0.5) is 10.5 Å². The maximum Gasteiger partial charge on any atom is 0.320 e. The molecule has 126 valence electrons.